The van der Waals surface area contributed by atoms with Crippen molar-refractivity contribution in [2.24, 2.45) is 5.10 Å². The Labute approximate surface area is 138 Å². The quantitative estimate of drug-likeness (QED) is 0.549. The standard InChI is InChI=1S/C17H18N4OS/c1-11-5-7-13(8-6-11)14-9-23-16-15(14)17(22)21(12(2)19-16)18-10-20(3)4/h5-10H,1-4H3/b18-10+. The molecule has 0 saturated carbocycles. The predicted octanol–water partition coefficient (Wildman–Crippen LogP) is 3.09. The van der Waals surface area contributed by atoms with Gasteiger partial charge in [-0.05, 0) is 19.4 Å². The van der Waals surface area contributed by atoms with Crippen molar-refractivity contribution in [1.82, 2.24) is 14.6 Å². The lowest BCUT2D eigenvalue weighted by molar-refractivity contribution is 0.626. The average molecular weight is 326 g/mol. The smallest absolute Gasteiger partial charge is 0.283 e. The average Bonchev–Trinajstić information content (AvgIpc) is 2.91. The molecule has 0 aliphatic carbocycles. The van der Waals surface area contributed by atoms with Gasteiger partial charge in [0.1, 0.15) is 17.0 Å². The molecule has 2 aromatic heterocycles. The van der Waals surface area contributed by atoms with E-state index < -0.39 is 0 Å². The van der Waals surface area contributed by atoms with Crippen LogP contribution in [-0.4, -0.2) is 35.0 Å². The van der Waals surface area contributed by atoms with Crippen molar-refractivity contribution in [2.45, 2.75) is 13.8 Å². The van der Waals surface area contributed by atoms with E-state index in [2.05, 4.69) is 10.1 Å². The molecule has 0 spiro atoms. The van der Waals surface area contributed by atoms with Crippen LogP contribution < -0.4 is 5.56 Å². The fraction of sp³-hybridized carbons (Fsp3) is 0.235. The van der Waals surface area contributed by atoms with Gasteiger partial charge in [-0.15, -0.1) is 11.3 Å². The summed E-state index contributed by atoms with van der Waals surface area (Å²) >= 11 is 1.49. The first-order valence-electron chi connectivity index (χ1n) is 7.26. The molecule has 0 atom stereocenters. The Morgan fingerprint density at radius 1 is 1.22 bits per heavy atom. The number of benzene rings is 1. The lowest BCUT2D eigenvalue weighted by Crippen LogP contribution is -2.22. The van der Waals surface area contributed by atoms with Crippen LogP contribution in [0.25, 0.3) is 21.3 Å². The SMILES string of the molecule is Cc1ccc(-c2csc3nc(C)n(/N=C/N(C)C)c(=O)c23)cc1. The van der Waals surface area contributed by atoms with E-state index in [0.29, 0.717) is 11.2 Å². The molecule has 118 valence electrons. The molecule has 0 amide bonds. The van der Waals surface area contributed by atoms with Gasteiger partial charge in [-0.25, -0.2) is 4.98 Å². The van der Waals surface area contributed by atoms with Gasteiger partial charge in [0.15, 0.2) is 0 Å². The summed E-state index contributed by atoms with van der Waals surface area (Å²) in [4.78, 5) is 19.9. The van der Waals surface area contributed by atoms with Crippen LogP contribution in [0.4, 0.5) is 0 Å². The normalized spacial score (nSPS) is 11.5. The monoisotopic (exact) mass is 326 g/mol. The number of fused-ring (bicyclic) bond motifs is 1. The molecule has 5 nitrogen and oxygen atoms in total. The van der Waals surface area contributed by atoms with Crippen molar-refractivity contribution in [3.05, 3.63) is 51.4 Å². The molecule has 23 heavy (non-hydrogen) atoms. The Bertz CT molecular complexity index is 936. The number of thiophene rings is 1. The van der Waals surface area contributed by atoms with Crippen molar-refractivity contribution in [3.8, 4) is 11.1 Å². The van der Waals surface area contributed by atoms with Gasteiger partial charge in [-0.1, -0.05) is 29.8 Å². The largest absolute Gasteiger partial charge is 0.367 e. The van der Waals surface area contributed by atoms with Gasteiger partial charge in [0, 0.05) is 25.0 Å². The zero-order chi connectivity index (χ0) is 16.6. The summed E-state index contributed by atoms with van der Waals surface area (Å²) in [5, 5.41) is 6.85. The Balaban J connectivity index is 2.24. The number of hydrogen-bond acceptors (Lipinski definition) is 4. The van der Waals surface area contributed by atoms with Crippen molar-refractivity contribution in [2.75, 3.05) is 14.1 Å². The fourth-order valence-electron chi connectivity index (χ4n) is 2.32. The van der Waals surface area contributed by atoms with E-state index in [4.69, 9.17) is 0 Å². The van der Waals surface area contributed by atoms with Gasteiger partial charge >= 0.3 is 0 Å². The maximum Gasteiger partial charge on any atom is 0.283 e. The Morgan fingerprint density at radius 3 is 2.57 bits per heavy atom. The van der Waals surface area contributed by atoms with Crippen molar-refractivity contribution in [1.29, 1.82) is 0 Å². The molecule has 0 N–H and O–H groups in total. The zero-order valence-corrected chi connectivity index (χ0v) is 14.4. The molecular weight excluding hydrogens is 308 g/mol. The number of aromatic nitrogens is 2. The lowest BCUT2D eigenvalue weighted by atomic mass is 10.1. The number of aryl methyl sites for hydroxylation is 2. The Kier molecular flexibility index (Phi) is 4.00. The third-order valence-corrected chi connectivity index (χ3v) is 4.38. The van der Waals surface area contributed by atoms with Gasteiger partial charge in [0.05, 0.1) is 5.39 Å². The molecule has 0 unspecified atom stereocenters. The summed E-state index contributed by atoms with van der Waals surface area (Å²) in [6, 6.07) is 8.15. The van der Waals surface area contributed by atoms with E-state index in [9.17, 15) is 4.79 Å². The van der Waals surface area contributed by atoms with Crippen LogP contribution in [0.15, 0.2) is 39.5 Å². The molecule has 1 aromatic carbocycles. The van der Waals surface area contributed by atoms with Crippen molar-refractivity contribution in [3.63, 3.8) is 0 Å². The molecule has 0 radical (unpaired) electrons. The molecule has 0 aliphatic heterocycles. The summed E-state index contributed by atoms with van der Waals surface area (Å²) in [5.74, 6) is 0.581. The van der Waals surface area contributed by atoms with E-state index in [0.717, 1.165) is 16.0 Å². The van der Waals surface area contributed by atoms with Gasteiger partial charge in [0.2, 0.25) is 0 Å². The highest BCUT2D eigenvalue weighted by Gasteiger charge is 2.15. The minimum Gasteiger partial charge on any atom is -0.367 e. The summed E-state index contributed by atoms with van der Waals surface area (Å²) in [6.07, 6.45) is 1.60. The number of hydrogen-bond donors (Lipinski definition) is 0. The molecule has 3 aromatic rings. The van der Waals surface area contributed by atoms with E-state index in [1.165, 1.54) is 21.6 Å². The van der Waals surface area contributed by atoms with E-state index in [-0.39, 0.29) is 5.56 Å². The third-order valence-electron chi connectivity index (χ3n) is 3.51. The molecular formula is C17H18N4OS. The minimum atomic E-state index is -0.137. The number of rotatable bonds is 3. The molecule has 0 saturated heterocycles. The predicted molar refractivity (Wildman–Crippen MR) is 96.4 cm³/mol. The zero-order valence-electron chi connectivity index (χ0n) is 13.6. The summed E-state index contributed by atoms with van der Waals surface area (Å²) in [6.45, 7) is 3.84. The van der Waals surface area contributed by atoms with Gasteiger partial charge in [-0.3, -0.25) is 4.79 Å². The highest BCUT2D eigenvalue weighted by Crippen LogP contribution is 2.31. The first-order valence-corrected chi connectivity index (χ1v) is 8.14. The van der Waals surface area contributed by atoms with E-state index >= 15 is 0 Å². The second-order valence-corrected chi connectivity index (χ2v) is 6.52. The topological polar surface area (TPSA) is 50.5 Å². The van der Waals surface area contributed by atoms with Gasteiger partial charge in [-0.2, -0.15) is 9.78 Å². The van der Waals surface area contributed by atoms with Gasteiger partial charge in [0.25, 0.3) is 5.56 Å². The summed E-state index contributed by atoms with van der Waals surface area (Å²) in [5.41, 5.74) is 2.99. The maximum atomic E-state index is 12.9. The summed E-state index contributed by atoms with van der Waals surface area (Å²) < 4.78 is 1.35. The Hall–Kier alpha value is -2.47. The van der Waals surface area contributed by atoms with Crippen LogP contribution in [0.1, 0.15) is 11.4 Å². The van der Waals surface area contributed by atoms with Crippen molar-refractivity contribution >= 4 is 27.9 Å². The second kappa shape index (κ2) is 5.96. The highest BCUT2D eigenvalue weighted by molar-refractivity contribution is 7.17. The van der Waals surface area contributed by atoms with Crippen LogP contribution in [0.2, 0.25) is 0 Å². The third kappa shape index (κ3) is 2.90. The fourth-order valence-corrected chi connectivity index (χ4v) is 3.30. The molecule has 3 rings (SSSR count). The first-order chi connectivity index (χ1) is 11.0. The Morgan fingerprint density at radius 2 is 1.91 bits per heavy atom. The molecule has 0 bridgehead atoms. The van der Waals surface area contributed by atoms with Crippen molar-refractivity contribution < 1.29 is 0 Å². The first kappa shape index (κ1) is 15.4. The maximum absolute atomic E-state index is 12.9. The molecule has 0 aliphatic rings. The number of nitrogens with zero attached hydrogens (tertiary/aromatic N) is 4. The molecule has 0 fully saturated rings. The second-order valence-electron chi connectivity index (χ2n) is 5.67. The van der Waals surface area contributed by atoms with Crippen LogP contribution in [0.3, 0.4) is 0 Å². The minimum absolute atomic E-state index is 0.137. The molecule has 6 heteroatoms. The van der Waals surface area contributed by atoms with E-state index in [1.54, 1.807) is 18.2 Å². The van der Waals surface area contributed by atoms with E-state index in [1.807, 2.05) is 50.7 Å². The van der Waals surface area contributed by atoms with Crippen LogP contribution in [-0.2, 0) is 0 Å². The van der Waals surface area contributed by atoms with Gasteiger partial charge < -0.3 is 4.90 Å². The van der Waals surface area contributed by atoms with Crippen LogP contribution in [0, 0.1) is 13.8 Å². The summed E-state index contributed by atoms with van der Waals surface area (Å²) in [7, 11) is 3.72. The molecule has 2 heterocycles. The highest BCUT2D eigenvalue weighted by atomic mass is 32.1. The van der Waals surface area contributed by atoms with Crippen LogP contribution in [0.5, 0.6) is 0 Å². The van der Waals surface area contributed by atoms with Crippen LogP contribution >= 0.6 is 11.3 Å². The lowest BCUT2D eigenvalue weighted by Gasteiger charge is -2.07.